The van der Waals surface area contributed by atoms with E-state index in [4.69, 9.17) is 4.74 Å². The van der Waals surface area contributed by atoms with Gasteiger partial charge in [-0.15, -0.1) is 0 Å². The van der Waals surface area contributed by atoms with Gasteiger partial charge in [-0.05, 0) is 12.8 Å². The van der Waals surface area contributed by atoms with E-state index in [1.807, 2.05) is 0 Å². The van der Waals surface area contributed by atoms with Crippen LogP contribution in [0.2, 0.25) is 0 Å². The molecule has 12 heavy (non-hydrogen) atoms. The average Bonchev–Trinajstić information content (AvgIpc) is 2.83. The molecule has 0 aromatic carbocycles. The lowest BCUT2D eigenvalue weighted by Crippen LogP contribution is -2.27. The molecule has 70 valence electrons. The van der Waals surface area contributed by atoms with E-state index in [9.17, 15) is 4.79 Å². The Hall–Kier alpha value is -0.570. The van der Waals surface area contributed by atoms with Crippen molar-refractivity contribution >= 4 is 5.91 Å². The maximum atomic E-state index is 11.3. The van der Waals surface area contributed by atoms with Crippen LogP contribution in [0, 0.1) is 5.92 Å². The third-order valence-electron chi connectivity index (χ3n) is 2.20. The number of methoxy groups -OCH3 is 1. The molecular formula is C9H17NO2. The van der Waals surface area contributed by atoms with Gasteiger partial charge in [0.2, 0.25) is 5.91 Å². The van der Waals surface area contributed by atoms with Crippen LogP contribution in [0.25, 0.3) is 0 Å². The second kappa shape index (κ2) is 4.45. The first kappa shape index (κ1) is 9.52. The standard InChI is InChI=1S/C9H17NO2/c1-3-4-5-10-9(11)7-6-8(7)12-2/h7-8H,3-6H2,1-2H3,(H,10,11). The Bertz CT molecular complexity index is 159. The molecule has 1 amide bonds. The first-order valence-electron chi connectivity index (χ1n) is 4.60. The van der Waals surface area contributed by atoms with Gasteiger partial charge in [-0.1, -0.05) is 13.3 Å². The third kappa shape index (κ3) is 2.48. The summed E-state index contributed by atoms with van der Waals surface area (Å²) in [5.74, 6) is 0.294. The Kier molecular flexibility index (Phi) is 3.53. The highest BCUT2D eigenvalue weighted by Gasteiger charge is 2.43. The second-order valence-corrected chi connectivity index (χ2v) is 3.26. The maximum absolute atomic E-state index is 11.3. The first-order chi connectivity index (χ1) is 5.79. The van der Waals surface area contributed by atoms with Crippen molar-refractivity contribution < 1.29 is 9.53 Å². The van der Waals surface area contributed by atoms with Crippen LogP contribution < -0.4 is 5.32 Å². The molecule has 0 heterocycles. The predicted molar refractivity (Wildman–Crippen MR) is 46.8 cm³/mol. The number of hydrogen-bond acceptors (Lipinski definition) is 2. The van der Waals surface area contributed by atoms with Gasteiger partial charge in [0.05, 0.1) is 12.0 Å². The van der Waals surface area contributed by atoms with Crippen LogP contribution in [0.1, 0.15) is 26.2 Å². The number of amides is 1. The molecule has 2 atom stereocenters. The second-order valence-electron chi connectivity index (χ2n) is 3.26. The lowest BCUT2D eigenvalue weighted by atomic mass is 10.3. The summed E-state index contributed by atoms with van der Waals surface area (Å²) in [4.78, 5) is 11.3. The molecule has 2 unspecified atom stereocenters. The van der Waals surface area contributed by atoms with E-state index in [2.05, 4.69) is 12.2 Å². The molecule has 3 heteroatoms. The quantitative estimate of drug-likeness (QED) is 0.625. The van der Waals surface area contributed by atoms with Gasteiger partial charge in [-0.25, -0.2) is 0 Å². The van der Waals surface area contributed by atoms with Crippen LogP contribution in [0.5, 0.6) is 0 Å². The van der Waals surface area contributed by atoms with E-state index in [-0.39, 0.29) is 17.9 Å². The van der Waals surface area contributed by atoms with Crippen LogP contribution in [-0.4, -0.2) is 25.7 Å². The third-order valence-corrected chi connectivity index (χ3v) is 2.20. The lowest BCUT2D eigenvalue weighted by Gasteiger charge is -2.02. The minimum Gasteiger partial charge on any atom is -0.381 e. The van der Waals surface area contributed by atoms with Gasteiger partial charge in [-0.2, -0.15) is 0 Å². The zero-order valence-electron chi connectivity index (χ0n) is 7.80. The Morgan fingerprint density at radius 2 is 2.42 bits per heavy atom. The Morgan fingerprint density at radius 1 is 1.67 bits per heavy atom. The van der Waals surface area contributed by atoms with Crippen molar-refractivity contribution in [3.63, 3.8) is 0 Å². The molecule has 0 bridgehead atoms. The van der Waals surface area contributed by atoms with Crippen LogP contribution in [-0.2, 0) is 9.53 Å². The highest BCUT2D eigenvalue weighted by atomic mass is 16.5. The van der Waals surface area contributed by atoms with Crippen molar-refractivity contribution in [1.29, 1.82) is 0 Å². The lowest BCUT2D eigenvalue weighted by molar-refractivity contribution is -0.123. The van der Waals surface area contributed by atoms with E-state index in [0.29, 0.717) is 0 Å². The smallest absolute Gasteiger partial charge is 0.225 e. The molecule has 0 radical (unpaired) electrons. The Balaban J connectivity index is 2.05. The summed E-state index contributed by atoms with van der Waals surface area (Å²) < 4.78 is 5.04. The zero-order valence-corrected chi connectivity index (χ0v) is 7.80. The Morgan fingerprint density at radius 3 is 2.92 bits per heavy atom. The summed E-state index contributed by atoms with van der Waals surface area (Å²) in [5, 5.41) is 2.89. The number of rotatable bonds is 5. The minimum atomic E-state index is 0.131. The highest BCUT2D eigenvalue weighted by molar-refractivity contribution is 5.81. The van der Waals surface area contributed by atoms with Gasteiger partial charge < -0.3 is 10.1 Å². The monoisotopic (exact) mass is 171 g/mol. The number of carbonyl (C=O) groups excluding carboxylic acids is 1. The van der Waals surface area contributed by atoms with Crippen LogP contribution in [0.3, 0.4) is 0 Å². The molecule has 0 aromatic rings. The summed E-state index contributed by atoms with van der Waals surface area (Å²) in [6.07, 6.45) is 3.27. The van der Waals surface area contributed by atoms with Crippen LogP contribution >= 0.6 is 0 Å². The fraction of sp³-hybridized carbons (Fsp3) is 0.889. The molecule has 1 aliphatic rings. The van der Waals surface area contributed by atoms with Gasteiger partial charge in [0.1, 0.15) is 0 Å². The molecule has 0 aromatic heterocycles. The molecule has 1 aliphatic carbocycles. The van der Waals surface area contributed by atoms with Crippen molar-refractivity contribution in [2.24, 2.45) is 5.92 Å². The number of hydrogen-bond donors (Lipinski definition) is 1. The van der Waals surface area contributed by atoms with Crippen LogP contribution in [0.15, 0.2) is 0 Å². The molecule has 1 saturated carbocycles. The molecule has 3 nitrogen and oxygen atoms in total. The van der Waals surface area contributed by atoms with Crippen molar-refractivity contribution in [3.8, 4) is 0 Å². The number of unbranched alkanes of at least 4 members (excludes halogenated alkanes) is 1. The average molecular weight is 171 g/mol. The fourth-order valence-electron chi connectivity index (χ4n) is 1.23. The van der Waals surface area contributed by atoms with Gasteiger partial charge in [0.15, 0.2) is 0 Å². The zero-order chi connectivity index (χ0) is 8.97. The van der Waals surface area contributed by atoms with E-state index in [0.717, 1.165) is 25.8 Å². The molecule has 1 rings (SSSR count). The SMILES string of the molecule is CCCCNC(=O)C1CC1OC. The molecule has 0 saturated heterocycles. The van der Waals surface area contributed by atoms with Crippen molar-refractivity contribution in [2.45, 2.75) is 32.3 Å². The molecule has 1 fully saturated rings. The number of ether oxygens (including phenoxy) is 1. The van der Waals surface area contributed by atoms with Gasteiger partial charge in [0.25, 0.3) is 0 Å². The highest BCUT2D eigenvalue weighted by Crippen LogP contribution is 2.32. The summed E-state index contributed by atoms with van der Waals surface area (Å²) in [6, 6.07) is 0. The normalized spacial score (nSPS) is 26.8. The number of nitrogens with one attached hydrogen (secondary N) is 1. The predicted octanol–water partition coefficient (Wildman–Crippen LogP) is 0.938. The van der Waals surface area contributed by atoms with E-state index >= 15 is 0 Å². The van der Waals surface area contributed by atoms with Gasteiger partial charge in [-0.3, -0.25) is 4.79 Å². The minimum absolute atomic E-state index is 0.131. The fourth-order valence-corrected chi connectivity index (χ4v) is 1.23. The van der Waals surface area contributed by atoms with Crippen molar-refractivity contribution in [1.82, 2.24) is 5.32 Å². The van der Waals surface area contributed by atoms with Gasteiger partial charge >= 0.3 is 0 Å². The van der Waals surface area contributed by atoms with Crippen molar-refractivity contribution in [3.05, 3.63) is 0 Å². The van der Waals surface area contributed by atoms with Crippen molar-refractivity contribution in [2.75, 3.05) is 13.7 Å². The summed E-state index contributed by atoms with van der Waals surface area (Å²) in [7, 11) is 1.66. The summed E-state index contributed by atoms with van der Waals surface area (Å²) in [6.45, 7) is 2.92. The molecule has 0 spiro atoms. The summed E-state index contributed by atoms with van der Waals surface area (Å²) in [5.41, 5.74) is 0. The van der Waals surface area contributed by atoms with E-state index in [1.54, 1.807) is 7.11 Å². The Labute approximate surface area is 73.5 Å². The van der Waals surface area contributed by atoms with E-state index < -0.39 is 0 Å². The molecular weight excluding hydrogens is 154 g/mol. The topological polar surface area (TPSA) is 38.3 Å². The number of carbonyl (C=O) groups is 1. The molecule has 1 N–H and O–H groups in total. The maximum Gasteiger partial charge on any atom is 0.225 e. The van der Waals surface area contributed by atoms with E-state index in [1.165, 1.54) is 0 Å². The molecule has 0 aliphatic heterocycles. The van der Waals surface area contributed by atoms with Gasteiger partial charge in [0, 0.05) is 13.7 Å². The van der Waals surface area contributed by atoms with Crippen LogP contribution in [0.4, 0.5) is 0 Å². The first-order valence-corrected chi connectivity index (χ1v) is 4.60. The largest absolute Gasteiger partial charge is 0.381 e. The summed E-state index contributed by atoms with van der Waals surface area (Å²) >= 11 is 0.